The number of halogens is 1. The quantitative estimate of drug-likeness (QED) is 0.627. The van der Waals surface area contributed by atoms with Crippen molar-refractivity contribution in [1.29, 1.82) is 0 Å². The van der Waals surface area contributed by atoms with Crippen molar-refractivity contribution in [1.82, 2.24) is 15.2 Å². The number of rotatable bonds is 6. The highest BCUT2D eigenvalue weighted by molar-refractivity contribution is 9.10. The molecule has 2 aromatic heterocycles. The average Bonchev–Trinajstić information content (AvgIpc) is 3.05. The molecule has 2 heterocycles. The van der Waals surface area contributed by atoms with Gasteiger partial charge in [-0.15, -0.1) is 10.2 Å². The van der Waals surface area contributed by atoms with Gasteiger partial charge in [0.05, 0.1) is 0 Å². The monoisotopic (exact) mass is 418 g/mol. The molecule has 0 saturated carbocycles. The predicted octanol–water partition coefficient (Wildman–Crippen LogP) is 4.69. The molecule has 1 aromatic carbocycles. The molecule has 0 bridgehead atoms. The predicted molar refractivity (Wildman–Crippen MR) is 100 cm³/mol. The molecule has 25 heavy (non-hydrogen) atoms. The minimum Gasteiger partial charge on any atom is -0.438 e. The summed E-state index contributed by atoms with van der Waals surface area (Å²) in [5, 5.41) is 12.2. The first-order chi connectivity index (χ1) is 12.2. The van der Waals surface area contributed by atoms with E-state index >= 15 is 0 Å². The molecule has 0 spiro atoms. The summed E-state index contributed by atoms with van der Waals surface area (Å²) in [4.78, 5) is 16.7. The Balaban J connectivity index is 1.76. The van der Waals surface area contributed by atoms with Crippen LogP contribution in [-0.4, -0.2) is 21.1 Å². The lowest BCUT2D eigenvalue weighted by Gasteiger charge is -2.09. The molecule has 3 aromatic rings. The van der Waals surface area contributed by atoms with E-state index in [-0.39, 0.29) is 11.8 Å². The van der Waals surface area contributed by atoms with Crippen LogP contribution in [0.15, 0.2) is 47.1 Å². The van der Waals surface area contributed by atoms with Gasteiger partial charge in [0.1, 0.15) is 16.3 Å². The van der Waals surface area contributed by atoms with Gasteiger partial charge in [0.15, 0.2) is 0 Å². The number of nitrogens with zero attached hydrogens (tertiary/aromatic N) is 3. The van der Waals surface area contributed by atoms with Gasteiger partial charge >= 0.3 is 0 Å². The summed E-state index contributed by atoms with van der Waals surface area (Å²) in [6.45, 7) is 2.07. The molecule has 0 saturated heterocycles. The summed E-state index contributed by atoms with van der Waals surface area (Å²) in [5.74, 6) is 0.497. The van der Waals surface area contributed by atoms with Crippen LogP contribution >= 0.6 is 27.3 Å². The van der Waals surface area contributed by atoms with E-state index < -0.39 is 0 Å². The fourth-order valence-corrected chi connectivity index (χ4v) is 3.14. The summed E-state index contributed by atoms with van der Waals surface area (Å²) in [7, 11) is 0. The second-order valence-electron chi connectivity index (χ2n) is 5.12. The van der Waals surface area contributed by atoms with E-state index in [4.69, 9.17) is 4.74 Å². The largest absolute Gasteiger partial charge is 0.438 e. The third-order valence-corrected chi connectivity index (χ3v) is 4.62. The number of nitrogens with one attached hydrogen (secondary N) is 1. The number of hydrogen-bond donors (Lipinski definition) is 1. The van der Waals surface area contributed by atoms with Gasteiger partial charge < -0.3 is 4.74 Å². The Bertz CT molecular complexity index is 867. The Labute approximate surface area is 157 Å². The molecular formula is C17H15BrN4O2S. The Morgan fingerprint density at radius 3 is 2.80 bits per heavy atom. The maximum Gasteiger partial charge on any atom is 0.262 e. The van der Waals surface area contributed by atoms with Crippen molar-refractivity contribution in [3.8, 4) is 11.6 Å². The number of anilines is 1. The van der Waals surface area contributed by atoms with Crippen LogP contribution in [-0.2, 0) is 6.42 Å². The van der Waals surface area contributed by atoms with Crippen molar-refractivity contribution in [2.24, 2.45) is 0 Å². The van der Waals surface area contributed by atoms with Crippen LogP contribution in [0.4, 0.5) is 5.13 Å². The molecule has 0 fully saturated rings. The summed E-state index contributed by atoms with van der Waals surface area (Å²) < 4.78 is 6.68. The first-order valence-corrected chi connectivity index (χ1v) is 9.29. The average molecular weight is 419 g/mol. The molecule has 0 aliphatic carbocycles. The Morgan fingerprint density at radius 2 is 2.04 bits per heavy atom. The van der Waals surface area contributed by atoms with Gasteiger partial charge in [0.25, 0.3) is 5.91 Å². The zero-order valence-corrected chi connectivity index (χ0v) is 15.8. The van der Waals surface area contributed by atoms with Crippen LogP contribution in [0.2, 0.25) is 0 Å². The van der Waals surface area contributed by atoms with Crippen molar-refractivity contribution >= 4 is 38.3 Å². The number of pyridine rings is 1. The maximum absolute atomic E-state index is 12.5. The summed E-state index contributed by atoms with van der Waals surface area (Å²) >= 11 is 4.74. The molecule has 0 unspecified atom stereocenters. The second kappa shape index (κ2) is 8.17. The van der Waals surface area contributed by atoms with E-state index in [0.29, 0.717) is 16.4 Å². The molecule has 0 atom stereocenters. The molecule has 128 valence electrons. The zero-order chi connectivity index (χ0) is 17.6. The second-order valence-corrected chi connectivity index (χ2v) is 7.09. The van der Waals surface area contributed by atoms with Crippen molar-refractivity contribution in [2.45, 2.75) is 19.8 Å². The van der Waals surface area contributed by atoms with E-state index in [0.717, 1.165) is 22.3 Å². The van der Waals surface area contributed by atoms with Crippen molar-refractivity contribution < 1.29 is 9.53 Å². The fourth-order valence-electron chi connectivity index (χ4n) is 2.04. The number of carbonyl (C=O) groups is 1. The smallest absolute Gasteiger partial charge is 0.262 e. The summed E-state index contributed by atoms with van der Waals surface area (Å²) in [6.07, 6.45) is 3.41. The molecule has 0 aliphatic rings. The lowest BCUT2D eigenvalue weighted by Crippen LogP contribution is -2.13. The van der Waals surface area contributed by atoms with E-state index in [2.05, 4.69) is 43.4 Å². The van der Waals surface area contributed by atoms with Crippen LogP contribution in [0.25, 0.3) is 0 Å². The topological polar surface area (TPSA) is 77.0 Å². The van der Waals surface area contributed by atoms with Crippen LogP contribution in [0, 0.1) is 0 Å². The highest BCUT2D eigenvalue weighted by atomic mass is 79.9. The molecule has 1 amide bonds. The normalized spacial score (nSPS) is 10.5. The molecule has 0 aliphatic heterocycles. The number of aryl methyl sites for hydroxylation is 1. The summed E-state index contributed by atoms with van der Waals surface area (Å²) in [6, 6.07) is 10.6. The van der Waals surface area contributed by atoms with Crippen LogP contribution < -0.4 is 10.1 Å². The minimum atomic E-state index is -0.334. The first kappa shape index (κ1) is 17.5. The third kappa shape index (κ3) is 4.61. The van der Waals surface area contributed by atoms with Crippen molar-refractivity contribution in [3.63, 3.8) is 0 Å². The van der Waals surface area contributed by atoms with Gasteiger partial charge in [-0.1, -0.05) is 34.2 Å². The molecule has 3 rings (SSSR count). The Kier molecular flexibility index (Phi) is 5.72. The number of benzene rings is 1. The third-order valence-electron chi connectivity index (χ3n) is 3.20. The maximum atomic E-state index is 12.5. The molecular weight excluding hydrogens is 404 g/mol. The highest BCUT2D eigenvalue weighted by Gasteiger charge is 2.16. The van der Waals surface area contributed by atoms with E-state index in [1.165, 1.54) is 11.3 Å². The van der Waals surface area contributed by atoms with Crippen molar-refractivity contribution in [3.05, 3.63) is 57.6 Å². The van der Waals surface area contributed by atoms with Gasteiger partial charge in [-0.25, -0.2) is 4.98 Å². The lowest BCUT2D eigenvalue weighted by molar-refractivity contribution is 0.102. The van der Waals surface area contributed by atoms with Gasteiger partial charge in [-0.2, -0.15) is 0 Å². The van der Waals surface area contributed by atoms with Crippen LogP contribution in [0.3, 0.4) is 0 Å². The van der Waals surface area contributed by atoms with Crippen molar-refractivity contribution in [2.75, 3.05) is 5.32 Å². The highest BCUT2D eigenvalue weighted by Crippen LogP contribution is 2.25. The molecule has 8 heteroatoms. The SMILES string of the molecule is CCCc1nnc(NC(=O)c2cccnc2Oc2ccc(Br)cc2)s1. The lowest BCUT2D eigenvalue weighted by atomic mass is 10.2. The van der Waals surface area contributed by atoms with Gasteiger partial charge in [0.2, 0.25) is 11.0 Å². The molecule has 0 radical (unpaired) electrons. The number of carbonyl (C=O) groups excluding carboxylic acids is 1. The number of aromatic nitrogens is 3. The zero-order valence-electron chi connectivity index (χ0n) is 13.4. The number of ether oxygens (including phenoxy) is 1. The van der Waals surface area contributed by atoms with Crippen LogP contribution in [0.1, 0.15) is 28.7 Å². The minimum absolute atomic E-state index is 0.237. The fraction of sp³-hybridized carbons (Fsp3) is 0.176. The molecule has 1 N–H and O–H groups in total. The van der Waals surface area contributed by atoms with Gasteiger partial charge in [-0.3, -0.25) is 10.1 Å². The van der Waals surface area contributed by atoms with Crippen LogP contribution in [0.5, 0.6) is 11.6 Å². The number of amides is 1. The summed E-state index contributed by atoms with van der Waals surface area (Å²) in [5.41, 5.74) is 0.331. The standard InChI is InChI=1S/C17H15BrN4O2S/c1-2-4-14-21-22-17(25-14)20-15(23)13-5-3-10-19-16(13)24-12-8-6-11(18)7-9-12/h3,5-10H,2,4H2,1H3,(H,20,22,23). The van der Waals surface area contributed by atoms with E-state index in [1.54, 1.807) is 30.5 Å². The van der Waals surface area contributed by atoms with Gasteiger partial charge in [-0.05, 0) is 42.8 Å². The van der Waals surface area contributed by atoms with E-state index in [9.17, 15) is 4.79 Å². The first-order valence-electron chi connectivity index (χ1n) is 7.68. The number of hydrogen-bond acceptors (Lipinski definition) is 6. The Morgan fingerprint density at radius 1 is 1.24 bits per heavy atom. The van der Waals surface area contributed by atoms with Gasteiger partial charge in [0, 0.05) is 17.1 Å². The molecule has 6 nitrogen and oxygen atoms in total. The van der Waals surface area contributed by atoms with E-state index in [1.807, 2.05) is 12.1 Å². The Hall–Kier alpha value is -2.32.